The van der Waals surface area contributed by atoms with Crippen molar-refractivity contribution in [1.82, 2.24) is 25.1 Å². The molecule has 3 heterocycles. The number of benzene rings is 1. The number of guanidine groups is 1. The first-order valence-corrected chi connectivity index (χ1v) is 11.7. The second-order valence-corrected chi connectivity index (χ2v) is 8.29. The number of hydrogen-bond donors (Lipinski definition) is 1. The summed E-state index contributed by atoms with van der Waals surface area (Å²) in [5.74, 6) is 1.80. The number of rotatable bonds is 6. The van der Waals surface area contributed by atoms with E-state index in [0.29, 0.717) is 0 Å². The molecule has 0 amide bonds. The van der Waals surface area contributed by atoms with Crippen molar-refractivity contribution >= 4 is 35.9 Å². The molecule has 2 saturated heterocycles. The van der Waals surface area contributed by atoms with Crippen molar-refractivity contribution in [1.29, 1.82) is 0 Å². The fourth-order valence-corrected chi connectivity index (χ4v) is 4.28. The molecule has 0 radical (unpaired) electrons. The number of piperazine rings is 1. The number of nitrogens with one attached hydrogen (secondary N) is 1. The smallest absolute Gasteiger partial charge is 0.225 e. The van der Waals surface area contributed by atoms with Gasteiger partial charge in [0.2, 0.25) is 5.95 Å². The van der Waals surface area contributed by atoms with Gasteiger partial charge < -0.3 is 19.9 Å². The highest BCUT2D eigenvalue weighted by Gasteiger charge is 2.25. The number of aromatic nitrogens is 2. The van der Waals surface area contributed by atoms with E-state index in [4.69, 9.17) is 9.73 Å². The molecule has 0 bridgehead atoms. The van der Waals surface area contributed by atoms with E-state index in [1.54, 1.807) is 12.4 Å². The molecule has 0 saturated carbocycles. The van der Waals surface area contributed by atoms with Crippen LogP contribution in [-0.2, 0) is 4.74 Å². The minimum atomic E-state index is 0. The van der Waals surface area contributed by atoms with Gasteiger partial charge in [0.15, 0.2) is 5.96 Å². The SMILES string of the molecule is CCNC(=NCC(c1ccc(C)cc1)N1CCOCC1)N1CCN(c2ncccn2)CC1.I. The third-order valence-electron chi connectivity index (χ3n) is 6.11. The van der Waals surface area contributed by atoms with Crippen LogP contribution in [-0.4, -0.2) is 91.3 Å². The van der Waals surface area contributed by atoms with Gasteiger partial charge in [-0.2, -0.15) is 0 Å². The summed E-state index contributed by atoms with van der Waals surface area (Å²) in [7, 11) is 0. The number of nitrogens with zero attached hydrogens (tertiary/aromatic N) is 6. The molecule has 2 aliphatic rings. The van der Waals surface area contributed by atoms with Crippen LogP contribution in [0.1, 0.15) is 24.1 Å². The molecule has 2 aromatic rings. The highest BCUT2D eigenvalue weighted by atomic mass is 127. The molecule has 0 spiro atoms. The Labute approximate surface area is 214 Å². The van der Waals surface area contributed by atoms with Crippen molar-refractivity contribution in [2.45, 2.75) is 19.9 Å². The van der Waals surface area contributed by atoms with Gasteiger partial charge in [0, 0.05) is 58.2 Å². The van der Waals surface area contributed by atoms with E-state index in [-0.39, 0.29) is 30.0 Å². The Balaban J connectivity index is 0.00000306. The average molecular weight is 566 g/mol. The second-order valence-electron chi connectivity index (χ2n) is 8.29. The topological polar surface area (TPSA) is 69.1 Å². The highest BCUT2D eigenvalue weighted by molar-refractivity contribution is 14.0. The summed E-state index contributed by atoms with van der Waals surface area (Å²) >= 11 is 0. The number of morpholine rings is 1. The van der Waals surface area contributed by atoms with Gasteiger partial charge in [-0.25, -0.2) is 9.97 Å². The lowest BCUT2D eigenvalue weighted by Crippen LogP contribution is -2.53. The van der Waals surface area contributed by atoms with Crippen LogP contribution in [0, 0.1) is 6.92 Å². The molecular formula is C24H36IN7O. The molecule has 1 atom stereocenters. The normalized spacial score (nSPS) is 18.5. The molecule has 4 rings (SSSR count). The molecule has 1 aromatic carbocycles. The van der Waals surface area contributed by atoms with Crippen molar-refractivity contribution < 1.29 is 4.74 Å². The number of aliphatic imine (C=N–C) groups is 1. The summed E-state index contributed by atoms with van der Waals surface area (Å²) in [4.78, 5) is 21.0. The maximum atomic E-state index is 5.60. The molecule has 0 aliphatic carbocycles. The lowest BCUT2D eigenvalue weighted by Gasteiger charge is -2.37. The van der Waals surface area contributed by atoms with Crippen molar-refractivity contribution in [2.75, 3.05) is 70.5 Å². The van der Waals surface area contributed by atoms with Gasteiger partial charge in [-0.3, -0.25) is 9.89 Å². The molecule has 33 heavy (non-hydrogen) atoms. The Morgan fingerprint density at radius 2 is 1.70 bits per heavy atom. The second kappa shape index (κ2) is 13.0. The van der Waals surface area contributed by atoms with E-state index >= 15 is 0 Å². The van der Waals surface area contributed by atoms with Crippen molar-refractivity contribution in [2.24, 2.45) is 4.99 Å². The summed E-state index contributed by atoms with van der Waals surface area (Å²) in [6, 6.07) is 11.0. The molecule has 1 aromatic heterocycles. The van der Waals surface area contributed by atoms with Gasteiger partial charge >= 0.3 is 0 Å². The maximum absolute atomic E-state index is 5.60. The quantitative estimate of drug-likeness (QED) is 0.328. The first kappa shape index (κ1) is 25.6. The zero-order valence-electron chi connectivity index (χ0n) is 19.7. The largest absolute Gasteiger partial charge is 0.379 e. The van der Waals surface area contributed by atoms with Crippen LogP contribution in [0.25, 0.3) is 0 Å². The van der Waals surface area contributed by atoms with E-state index < -0.39 is 0 Å². The third-order valence-corrected chi connectivity index (χ3v) is 6.11. The lowest BCUT2D eigenvalue weighted by atomic mass is 10.0. The standard InChI is InChI=1S/C24H35N7O.HI/c1-3-25-23(30-11-13-31(14-12-30)24-26-9-4-10-27-24)28-19-22(29-15-17-32-18-16-29)21-7-5-20(2)6-8-21;/h4-10,22H,3,11-19H2,1-2H3,(H,25,28);1H. The maximum Gasteiger partial charge on any atom is 0.225 e. The summed E-state index contributed by atoms with van der Waals surface area (Å²) in [6.07, 6.45) is 3.61. The Hall–Kier alpha value is -1.98. The molecule has 1 N–H and O–H groups in total. The van der Waals surface area contributed by atoms with Crippen LogP contribution in [0.3, 0.4) is 0 Å². The fraction of sp³-hybridized carbons (Fsp3) is 0.542. The highest BCUT2D eigenvalue weighted by Crippen LogP contribution is 2.23. The fourth-order valence-electron chi connectivity index (χ4n) is 4.28. The van der Waals surface area contributed by atoms with Crippen LogP contribution in [0.4, 0.5) is 5.95 Å². The van der Waals surface area contributed by atoms with Crippen LogP contribution in [0.5, 0.6) is 0 Å². The minimum absolute atomic E-state index is 0. The van der Waals surface area contributed by atoms with E-state index in [1.165, 1.54) is 11.1 Å². The number of aryl methyl sites for hydroxylation is 1. The average Bonchev–Trinajstić information content (AvgIpc) is 2.86. The monoisotopic (exact) mass is 565 g/mol. The summed E-state index contributed by atoms with van der Waals surface area (Å²) in [6.45, 7) is 12.9. The van der Waals surface area contributed by atoms with Crippen molar-refractivity contribution in [3.63, 3.8) is 0 Å². The summed E-state index contributed by atoms with van der Waals surface area (Å²) in [5.41, 5.74) is 2.61. The number of ether oxygens (including phenoxy) is 1. The molecule has 1 unspecified atom stereocenters. The first-order chi connectivity index (χ1) is 15.7. The molecule has 180 valence electrons. The van der Waals surface area contributed by atoms with E-state index in [0.717, 1.165) is 77.5 Å². The zero-order valence-corrected chi connectivity index (χ0v) is 22.0. The molecule has 9 heteroatoms. The van der Waals surface area contributed by atoms with Crippen LogP contribution in [0.15, 0.2) is 47.7 Å². The third kappa shape index (κ3) is 7.00. The zero-order chi connectivity index (χ0) is 22.2. The van der Waals surface area contributed by atoms with Crippen LogP contribution >= 0.6 is 24.0 Å². The van der Waals surface area contributed by atoms with Gasteiger partial charge in [0.05, 0.1) is 25.8 Å². The van der Waals surface area contributed by atoms with Gasteiger partial charge in [-0.1, -0.05) is 29.8 Å². The number of hydrogen-bond acceptors (Lipinski definition) is 6. The van der Waals surface area contributed by atoms with Crippen LogP contribution < -0.4 is 10.2 Å². The number of anilines is 1. The molecule has 2 fully saturated rings. The Morgan fingerprint density at radius 3 is 2.33 bits per heavy atom. The summed E-state index contributed by atoms with van der Waals surface area (Å²) in [5, 5.41) is 3.51. The molecule has 8 nitrogen and oxygen atoms in total. The Bertz CT molecular complexity index is 851. The van der Waals surface area contributed by atoms with Crippen molar-refractivity contribution in [3.8, 4) is 0 Å². The Kier molecular flexibility index (Phi) is 10.1. The van der Waals surface area contributed by atoms with Gasteiger partial charge in [0.1, 0.15) is 0 Å². The minimum Gasteiger partial charge on any atom is -0.379 e. The van der Waals surface area contributed by atoms with Crippen LogP contribution in [0.2, 0.25) is 0 Å². The van der Waals surface area contributed by atoms with Gasteiger partial charge in [-0.05, 0) is 25.5 Å². The summed E-state index contributed by atoms with van der Waals surface area (Å²) < 4.78 is 5.60. The van der Waals surface area contributed by atoms with Gasteiger partial charge in [0.25, 0.3) is 0 Å². The van der Waals surface area contributed by atoms with E-state index in [9.17, 15) is 0 Å². The van der Waals surface area contributed by atoms with Crippen molar-refractivity contribution in [3.05, 3.63) is 53.9 Å². The van der Waals surface area contributed by atoms with Gasteiger partial charge in [-0.15, -0.1) is 24.0 Å². The number of halogens is 1. The first-order valence-electron chi connectivity index (χ1n) is 11.7. The molecule has 2 aliphatic heterocycles. The molecular weight excluding hydrogens is 529 g/mol. The predicted molar refractivity (Wildman–Crippen MR) is 144 cm³/mol. The van der Waals surface area contributed by atoms with E-state index in [1.807, 2.05) is 6.07 Å². The predicted octanol–water partition coefficient (Wildman–Crippen LogP) is 2.56. The Morgan fingerprint density at radius 1 is 1.03 bits per heavy atom. The van der Waals surface area contributed by atoms with E-state index in [2.05, 4.69) is 68.1 Å². The lowest BCUT2D eigenvalue weighted by molar-refractivity contribution is 0.0179.